The Hall–Kier alpha value is -2.32. The third-order valence-corrected chi connectivity index (χ3v) is 6.02. The van der Waals surface area contributed by atoms with Gasteiger partial charge in [-0.05, 0) is 50.1 Å². The summed E-state index contributed by atoms with van der Waals surface area (Å²) in [6.07, 6.45) is 1.18. The normalized spacial score (nSPS) is 13.9. The lowest BCUT2D eigenvalue weighted by Gasteiger charge is -2.15. The van der Waals surface area contributed by atoms with Crippen molar-refractivity contribution in [3.63, 3.8) is 0 Å². The highest BCUT2D eigenvalue weighted by molar-refractivity contribution is 7.93. The fourth-order valence-corrected chi connectivity index (χ4v) is 4.06. The first-order valence-electron chi connectivity index (χ1n) is 8.35. The molecule has 0 unspecified atom stereocenters. The number of hydrogen-bond acceptors (Lipinski definition) is 4. The number of hydrogen-bond donors (Lipinski definition) is 2. The topological polar surface area (TPSA) is 84.5 Å². The first-order chi connectivity index (χ1) is 12.8. The van der Waals surface area contributed by atoms with E-state index in [1.807, 2.05) is 0 Å². The molecule has 1 fully saturated rings. The van der Waals surface area contributed by atoms with Crippen LogP contribution >= 0.6 is 11.6 Å². The van der Waals surface area contributed by atoms with Gasteiger partial charge in [0.25, 0.3) is 5.91 Å². The zero-order chi connectivity index (χ0) is 19.6. The van der Waals surface area contributed by atoms with Gasteiger partial charge in [0.1, 0.15) is 11.6 Å². The van der Waals surface area contributed by atoms with Gasteiger partial charge in [0.2, 0.25) is 10.0 Å². The summed E-state index contributed by atoms with van der Waals surface area (Å²) < 4.78 is 45.8. The minimum absolute atomic E-state index is 0.0263. The molecule has 3 rings (SSSR count). The summed E-state index contributed by atoms with van der Waals surface area (Å²) in [5.41, 5.74) is 0.273. The predicted octanol–water partition coefficient (Wildman–Crippen LogP) is 4.03. The Bertz CT molecular complexity index is 977. The van der Waals surface area contributed by atoms with Crippen LogP contribution in [0.2, 0.25) is 5.02 Å². The van der Waals surface area contributed by atoms with Crippen LogP contribution in [-0.2, 0) is 10.0 Å². The molecule has 27 heavy (non-hydrogen) atoms. The number of ether oxygens (including phenoxy) is 1. The maximum absolute atomic E-state index is 13.6. The molecular weight excluding hydrogens is 395 g/mol. The Kier molecular flexibility index (Phi) is 5.57. The molecule has 0 saturated heterocycles. The van der Waals surface area contributed by atoms with Crippen LogP contribution in [0.25, 0.3) is 0 Å². The number of carbonyl (C=O) groups is 1. The van der Waals surface area contributed by atoms with Gasteiger partial charge in [0.05, 0.1) is 28.8 Å². The van der Waals surface area contributed by atoms with Crippen LogP contribution in [0.1, 0.15) is 30.1 Å². The van der Waals surface area contributed by atoms with Crippen molar-refractivity contribution in [2.24, 2.45) is 0 Å². The van der Waals surface area contributed by atoms with Gasteiger partial charge in [0.15, 0.2) is 0 Å². The number of benzene rings is 2. The van der Waals surface area contributed by atoms with Gasteiger partial charge >= 0.3 is 0 Å². The predicted molar refractivity (Wildman–Crippen MR) is 103 cm³/mol. The van der Waals surface area contributed by atoms with E-state index in [4.69, 9.17) is 16.3 Å². The smallest absolute Gasteiger partial charge is 0.257 e. The van der Waals surface area contributed by atoms with Crippen molar-refractivity contribution in [2.75, 3.05) is 16.6 Å². The Morgan fingerprint density at radius 2 is 1.96 bits per heavy atom. The summed E-state index contributed by atoms with van der Waals surface area (Å²) in [5.74, 6) is -0.888. The molecule has 2 N–H and O–H groups in total. The molecule has 0 bridgehead atoms. The van der Waals surface area contributed by atoms with Crippen molar-refractivity contribution in [2.45, 2.75) is 25.0 Å². The molecule has 0 aliphatic heterocycles. The molecular formula is C18H18ClFN2O4S. The summed E-state index contributed by atoms with van der Waals surface area (Å²) in [6, 6.07) is 8.00. The molecule has 1 aliphatic rings. The van der Waals surface area contributed by atoms with E-state index in [0.717, 1.165) is 6.07 Å². The summed E-state index contributed by atoms with van der Waals surface area (Å²) >= 11 is 5.97. The highest BCUT2D eigenvalue weighted by atomic mass is 35.5. The van der Waals surface area contributed by atoms with E-state index >= 15 is 0 Å². The minimum Gasteiger partial charge on any atom is -0.492 e. The highest BCUT2D eigenvalue weighted by Crippen LogP contribution is 2.32. The molecule has 2 aromatic carbocycles. The fraction of sp³-hybridized carbons (Fsp3) is 0.278. The Morgan fingerprint density at radius 3 is 2.63 bits per heavy atom. The summed E-state index contributed by atoms with van der Waals surface area (Å²) in [4.78, 5) is 12.7. The summed E-state index contributed by atoms with van der Waals surface area (Å²) in [7, 11) is -3.56. The van der Waals surface area contributed by atoms with Crippen LogP contribution in [0.5, 0.6) is 5.75 Å². The molecule has 0 heterocycles. The number of amides is 1. The molecule has 1 aliphatic carbocycles. The zero-order valence-corrected chi connectivity index (χ0v) is 16.0. The molecule has 9 heteroatoms. The Balaban J connectivity index is 1.91. The lowest BCUT2D eigenvalue weighted by molar-refractivity contribution is 0.102. The van der Waals surface area contributed by atoms with E-state index in [2.05, 4.69) is 10.0 Å². The van der Waals surface area contributed by atoms with Gasteiger partial charge in [-0.15, -0.1) is 0 Å². The summed E-state index contributed by atoms with van der Waals surface area (Å²) in [6.45, 7) is 2.09. The average Bonchev–Trinajstić information content (AvgIpc) is 3.44. The van der Waals surface area contributed by atoms with E-state index in [9.17, 15) is 17.6 Å². The van der Waals surface area contributed by atoms with Crippen molar-refractivity contribution in [3.05, 3.63) is 52.8 Å². The van der Waals surface area contributed by atoms with Crippen molar-refractivity contribution < 1.29 is 22.3 Å². The van der Waals surface area contributed by atoms with E-state index in [-0.39, 0.29) is 22.0 Å². The van der Waals surface area contributed by atoms with E-state index in [0.29, 0.717) is 25.2 Å². The van der Waals surface area contributed by atoms with Gasteiger partial charge in [-0.25, -0.2) is 12.8 Å². The van der Waals surface area contributed by atoms with Crippen molar-refractivity contribution in [1.29, 1.82) is 0 Å². The first-order valence-corrected chi connectivity index (χ1v) is 10.3. The number of rotatable bonds is 7. The fourth-order valence-electron chi connectivity index (χ4n) is 2.48. The quantitative estimate of drug-likeness (QED) is 0.718. The molecule has 0 aromatic heterocycles. The van der Waals surface area contributed by atoms with Crippen LogP contribution in [0.15, 0.2) is 36.4 Å². The van der Waals surface area contributed by atoms with Gasteiger partial charge in [-0.3, -0.25) is 9.52 Å². The number of nitrogens with one attached hydrogen (secondary N) is 2. The van der Waals surface area contributed by atoms with Crippen molar-refractivity contribution >= 4 is 38.9 Å². The molecule has 0 spiro atoms. The van der Waals surface area contributed by atoms with Gasteiger partial charge in [0, 0.05) is 11.1 Å². The molecule has 0 atom stereocenters. The van der Waals surface area contributed by atoms with E-state index in [1.165, 1.54) is 30.3 Å². The molecule has 6 nitrogen and oxygen atoms in total. The maximum atomic E-state index is 13.6. The molecule has 0 radical (unpaired) electrons. The standard InChI is InChI=1S/C18H18ClFN2O4S/c1-2-26-17-8-4-12(20)10-16(17)21-18(23)14-9-11(19)3-7-15(14)22-27(24,25)13-5-6-13/h3-4,7-10,13,22H,2,5-6H2,1H3,(H,21,23). The van der Waals surface area contributed by atoms with Gasteiger partial charge in [-0.2, -0.15) is 0 Å². The maximum Gasteiger partial charge on any atom is 0.257 e. The highest BCUT2D eigenvalue weighted by Gasteiger charge is 2.36. The SMILES string of the molecule is CCOc1ccc(F)cc1NC(=O)c1cc(Cl)ccc1NS(=O)(=O)C1CC1. The average molecular weight is 413 g/mol. The van der Waals surface area contributed by atoms with Crippen LogP contribution in [0.4, 0.5) is 15.8 Å². The second-order valence-electron chi connectivity index (χ2n) is 6.06. The number of carbonyl (C=O) groups excluding carboxylic acids is 1. The Labute approximate surface area is 161 Å². The van der Waals surface area contributed by atoms with Crippen molar-refractivity contribution in [3.8, 4) is 5.75 Å². The lowest BCUT2D eigenvalue weighted by Crippen LogP contribution is -2.21. The summed E-state index contributed by atoms with van der Waals surface area (Å²) in [5, 5.41) is 2.37. The second-order valence-corrected chi connectivity index (χ2v) is 8.46. The molecule has 1 amide bonds. The third kappa shape index (κ3) is 4.70. The Morgan fingerprint density at radius 1 is 1.22 bits per heavy atom. The van der Waals surface area contributed by atoms with Crippen LogP contribution in [-0.4, -0.2) is 26.2 Å². The lowest BCUT2D eigenvalue weighted by atomic mass is 10.1. The van der Waals surface area contributed by atoms with Crippen LogP contribution in [0.3, 0.4) is 0 Å². The van der Waals surface area contributed by atoms with E-state index in [1.54, 1.807) is 6.92 Å². The van der Waals surface area contributed by atoms with Crippen molar-refractivity contribution in [1.82, 2.24) is 0 Å². The van der Waals surface area contributed by atoms with Crippen LogP contribution < -0.4 is 14.8 Å². The van der Waals surface area contributed by atoms with Crippen LogP contribution in [0, 0.1) is 5.82 Å². The number of halogens is 2. The first kappa shape index (κ1) is 19.4. The zero-order valence-electron chi connectivity index (χ0n) is 14.5. The monoisotopic (exact) mass is 412 g/mol. The second kappa shape index (κ2) is 7.74. The number of sulfonamides is 1. The van der Waals surface area contributed by atoms with E-state index < -0.39 is 27.0 Å². The third-order valence-electron chi connectivity index (χ3n) is 3.93. The molecule has 1 saturated carbocycles. The largest absolute Gasteiger partial charge is 0.492 e. The molecule has 2 aromatic rings. The van der Waals surface area contributed by atoms with Gasteiger partial charge < -0.3 is 10.1 Å². The number of anilines is 2. The molecule has 144 valence electrons. The van der Waals surface area contributed by atoms with Gasteiger partial charge in [-0.1, -0.05) is 11.6 Å². The minimum atomic E-state index is -3.56.